The lowest BCUT2D eigenvalue weighted by Crippen LogP contribution is -2.52. The first-order valence-corrected chi connectivity index (χ1v) is 10.1. The molecule has 4 rings (SSSR count). The number of nitrogens with zero attached hydrogens (tertiary/aromatic N) is 2. The van der Waals surface area contributed by atoms with E-state index in [1.807, 2.05) is 24.3 Å². The number of carboxylic acids is 1. The van der Waals surface area contributed by atoms with Gasteiger partial charge in [0.2, 0.25) is 0 Å². The van der Waals surface area contributed by atoms with E-state index >= 15 is 0 Å². The number of benzene rings is 1. The predicted octanol–water partition coefficient (Wildman–Crippen LogP) is 2.16. The summed E-state index contributed by atoms with van der Waals surface area (Å²) in [6.07, 6.45) is 4.31. The van der Waals surface area contributed by atoms with Gasteiger partial charge in [0.25, 0.3) is 0 Å². The maximum Gasteiger partial charge on any atom is 0.322 e. The minimum atomic E-state index is -0.776. The molecular weight excluding hydrogens is 370 g/mol. The summed E-state index contributed by atoms with van der Waals surface area (Å²) in [6, 6.07) is 9.47. The van der Waals surface area contributed by atoms with Gasteiger partial charge in [0.1, 0.15) is 18.4 Å². The number of hydrogen-bond acceptors (Lipinski definition) is 6. The van der Waals surface area contributed by atoms with Gasteiger partial charge in [-0.3, -0.25) is 14.7 Å². The first kappa shape index (κ1) is 19.8. The van der Waals surface area contributed by atoms with Gasteiger partial charge in [0.15, 0.2) is 0 Å². The molecule has 3 atom stereocenters. The van der Waals surface area contributed by atoms with E-state index < -0.39 is 12.0 Å². The van der Waals surface area contributed by atoms with Crippen LogP contribution in [0.3, 0.4) is 0 Å². The average molecular weight is 397 g/mol. The summed E-state index contributed by atoms with van der Waals surface area (Å²) in [5.41, 5.74) is 3.32. The zero-order valence-corrected chi connectivity index (χ0v) is 16.6. The van der Waals surface area contributed by atoms with Crippen molar-refractivity contribution in [1.29, 1.82) is 0 Å². The number of rotatable bonds is 6. The van der Waals surface area contributed by atoms with E-state index in [4.69, 9.17) is 9.47 Å². The highest BCUT2D eigenvalue weighted by molar-refractivity contribution is 5.75. The average Bonchev–Trinajstić information content (AvgIpc) is 3.24. The molecule has 0 saturated carbocycles. The van der Waals surface area contributed by atoms with Gasteiger partial charge in [0, 0.05) is 31.5 Å². The molecule has 2 aliphatic heterocycles. The van der Waals surface area contributed by atoms with Gasteiger partial charge < -0.3 is 19.9 Å². The molecule has 1 aromatic carbocycles. The van der Waals surface area contributed by atoms with E-state index in [1.165, 1.54) is 0 Å². The third kappa shape index (κ3) is 4.58. The predicted molar refractivity (Wildman–Crippen MR) is 108 cm³/mol. The Bertz CT molecular complexity index is 845. The Morgan fingerprint density at radius 2 is 2.17 bits per heavy atom. The number of pyridine rings is 1. The summed E-state index contributed by atoms with van der Waals surface area (Å²) >= 11 is 0. The second-order valence-corrected chi connectivity index (χ2v) is 7.64. The van der Waals surface area contributed by atoms with Crippen molar-refractivity contribution < 1.29 is 19.4 Å². The fourth-order valence-corrected chi connectivity index (χ4v) is 4.24. The molecule has 0 aliphatic carbocycles. The van der Waals surface area contributed by atoms with E-state index in [0.717, 1.165) is 42.0 Å². The maximum atomic E-state index is 11.5. The Morgan fingerprint density at radius 1 is 1.34 bits per heavy atom. The minimum absolute atomic E-state index is 0.0159. The highest BCUT2D eigenvalue weighted by Gasteiger charge is 2.39. The van der Waals surface area contributed by atoms with Gasteiger partial charge in [0.05, 0.1) is 12.7 Å². The number of morpholine rings is 1. The van der Waals surface area contributed by atoms with Gasteiger partial charge >= 0.3 is 5.97 Å². The van der Waals surface area contributed by atoms with E-state index in [-0.39, 0.29) is 12.1 Å². The number of carboxylic acid groups (broad SMARTS) is 1. The molecule has 0 amide bonds. The van der Waals surface area contributed by atoms with Crippen molar-refractivity contribution in [2.45, 2.75) is 38.1 Å². The molecule has 154 valence electrons. The molecule has 3 heterocycles. The van der Waals surface area contributed by atoms with Crippen LogP contribution in [0.1, 0.15) is 29.2 Å². The maximum absolute atomic E-state index is 11.5. The van der Waals surface area contributed by atoms with Gasteiger partial charge in [-0.2, -0.15) is 0 Å². The van der Waals surface area contributed by atoms with Crippen molar-refractivity contribution in [3.05, 3.63) is 59.4 Å². The van der Waals surface area contributed by atoms with E-state index in [9.17, 15) is 9.90 Å². The molecule has 0 bridgehead atoms. The molecule has 0 spiro atoms. The van der Waals surface area contributed by atoms with Crippen LogP contribution in [0.15, 0.2) is 42.7 Å². The number of hydrogen-bond donors (Lipinski definition) is 2. The monoisotopic (exact) mass is 397 g/mol. The van der Waals surface area contributed by atoms with Crippen LogP contribution in [0.2, 0.25) is 0 Å². The van der Waals surface area contributed by atoms with Crippen molar-refractivity contribution in [1.82, 2.24) is 15.2 Å². The van der Waals surface area contributed by atoms with Gasteiger partial charge in [-0.1, -0.05) is 6.07 Å². The van der Waals surface area contributed by atoms with E-state index in [1.54, 1.807) is 12.4 Å². The molecule has 2 aromatic rings. The van der Waals surface area contributed by atoms with Crippen molar-refractivity contribution in [2.75, 3.05) is 26.2 Å². The molecule has 7 heteroatoms. The number of aromatic nitrogens is 1. The van der Waals surface area contributed by atoms with E-state index in [0.29, 0.717) is 19.8 Å². The Labute approximate surface area is 170 Å². The number of aryl methyl sites for hydroxylation is 1. The van der Waals surface area contributed by atoms with Crippen molar-refractivity contribution in [2.24, 2.45) is 0 Å². The van der Waals surface area contributed by atoms with Crippen LogP contribution in [0.5, 0.6) is 5.75 Å². The molecule has 2 aliphatic rings. The number of aliphatic carboxylic acids is 1. The zero-order chi connectivity index (χ0) is 20.2. The highest BCUT2D eigenvalue weighted by Crippen LogP contribution is 2.30. The Hall–Kier alpha value is -2.48. The van der Waals surface area contributed by atoms with Crippen LogP contribution in [0.25, 0.3) is 0 Å². The smallest absolute Gasteiger partial charge is 0.322 e. The van der Waals surface area contributed by atoms with Crippen molar-refractivity contribution >= 4 is 5.97 Å². The molecule has 2 N–H and O–H groups in total. The van der Waals surface area contributed by atoms with Gasteiger partial charge in [-0.25, -0.2) is 0 Å². The Morgan fingerprint density at radius 3 is 2.93 bits per heavy atom. The number of nitrogens with one attached hydrogen (secondary N) is 1. The lowest BCUT2D eigenvalue weighted by atomic mass is 9.99. The van der Waals surface area contributed by atoms with Crippen LogP contribution >= 0.6 is 0 Å². The fourth-order valence-electron chi connectivity index (χ4n) is 4.24. The third-order valence-electron chi connectivity index (χ3n) is 5.77. The third-order valence-corrected chi connectivity index (χ3v) is 5.77. The van der Waals surface area contributed by atoms with Crippen molar-refractivity contribution in [3.8, 4) is 5.75 Å². The van der Waals surface area contributed by atoms with Gasteiger partial charge in [-0.05, 0) is 60.8 Å². The summed E-state index contributed by atoms with van der Waals surface area (Å²) in [4.78, 5) is 17.8. The molecule has 2 saturated heterocycles. The van der Waals surface area contributed by atoms with Crippen LogP contribution in [0, 0.1) is 6.92 Å². The first-order valence-electron chi connectivity index (χ1n) is 10.1. The molecule has 2 unspecified atom stereocenters. The first-order chi connectivity index (χ1) is 14.1. The van der Waals surface area contributed by atoms with Crippen LogP contribution in [-0.2, 0) is 16.1 Å². The zero-order valence-electron chi connectivity index (χ0n) is 16.6. The largest absolute Gasteiger partial charge is 0.489 e. The fraction of sp³-hybridized carbons (Fsp3) is 0.455. The Kier molecular flexibility index (Phi) is 6.08. The molecular formula is C22H27N3O4. The molecule has 7 nitrogen and oxygen atoms in total. The molecule has 0 radical (unpaired) electrons. The second-order valence-electron chi connectivity index (χ2n) is 7.64. The van der Waals surface area contributed by atoms with Crippen molar-refractivity contribution in [3.63, 3.8) is 0 Å². The number of ether oxygens (including phenoxy) is 2. The molecule has 29 heavy (non-hydrogen) atoms. The summed E-state index contributed by atoms with van der Waals surface area (Å²) in [5, 5.41) is 12.6. The molecule has 1 aromatic heterocycles. The standard InChI is InChI=1S/C22H27N3O4/c1-15-12-17(29-14-16-4-7-23-8-5-16)2-3-18(15)20-13-25(10-11-28-20)19-6-9-24-21(19)22(26)27/h2-5,7-8,12,19-21,24H,6,9-11,13-14H2,1H3,(H,26,27)/t19?,20?,21-/m0/s1. The quantitative estimate of drug-likeness (QED) is 0.773. The lowest BCUT2D eigenvalue weighted by Gasteiger charge is -2.38. The van der Waals surface area contributed by atoms with Crippen LogP contribution in [0.4, 0.5) is 0 Å². The van der Waals surface area contributed by atoms with Gasteiger partial charge in [-0.15, -0.1) is 0 Å². The topological polar surface area (TPSA) is 83.9 Å². The normalized spacial score (nSPS) is 25.1. The van der Waals surface area contributed by atoms with Crippen LogP contribution < -0.4 is 10.1 Å². The summed E-state index contributed by atoms with van der Waals surface area (Å²) < 4.78 is 11.9. The summed E-state index contributed by atoms with van der Waals surface area (Å²) in [6.45, 7) is 5.38. The lowest BCUT2D eigenvalue weighted by molar-refractivity contribution is -0.141. The Balaban J connectivity index is 1.42. The minimum Gasteiger partial charge on any atom is -0.489 e. The summed E-state index contributed by atoms with van der Waals surface area (Å²) in [7, 11) is 0. The number of carbonyl (C=O) groups is 1. The SMILES string of the molecule is Cc1cc(OCc2ccncc2)ccc1C1CN(C2CCN[C@@H]2C(=O)O)CCO1. The summed E-state index contributed by atoms with van der Waals surface area (Å²) in [5.74, 6) is 0.0454. The van der Waals surface area contributed by atoms with Crippen LogP contribution in [-0.4, -0.2) is 59.3 Å². The van der Waals surface area contributed by atoms with E-state index in [2.05, 4.69) is 28.2 Å². The molecule has 2 fully saturated rings. The highest BCUT2D eigenvalue weighted by atomic mass is 16.5. The second kappa shape index (κ2) is 8.90.